The second-order valence-electron chi connectivity index (χ2n) is 4.73. The van der Waals surface area contributed by atoms with E-state index < -0.39 is 9.84 Å². The zero-order valence-electron chi connectivity index (χ0n) is 10.5. The fraction of sp³-hybridized carbons (Fsp3) is 0.583. The van der Waals surface area contributed by atoms with E-state index in [2.05, 4.69) is 4.98 Å². The molecule has 1 aromatic rings. The van der Waals surface area contributed by atoms with Gasteiger partial charge in [-0.2, -0.15) is 0 Å². The molecule has 2 heterocycles. The van der Waals surface area contributed by atoms with Gasteiger partial charge < -0.3 is 5.73 Å². The fourth-order valence-corrected chi connectivity index (χ4v) is 4.21. The highest BCUT2D eigenvalue weighted by Gasteiger charge is 2.33. The van der Waals surface area contributed by atoms with Gasteiger partial charge >= 0.3 is 0 Å². The highest BCUT2D eigenvalue weighted by molar-refractivity contribution is 7.91. The van der Waals surface area contributed by atoms with E-state index in [0.717, 1.165) is 5.69 Å². The summed E-state index contributed by atoms with van der Waals surface area (Å²) in [4.78, 5) is 6.36. The third-order valence-corrected chi connectivity index (χ3v) is 5.28. The van der Waals surface area contributed by atoms with E-state index in [1.165, 1.54) is 0 Å². The maximum Gasteiger partial charge on any atom is 0.151 e. The molecule has 6 heteroatoms. The van der Waals surface area contributed by atoms with Gasteiger partial charge in [-0.1, -0.05) is 6.07 Å². The minimum Gasteiger partial charge on any atom is -0.329 e. The van der Waals surface area contributed by atoms with Crippen molar-refractivity contribution in [1.29, 1.82) is 0 Å². The lowest BCUT2D eigenvalue weighted by Crippen LogP contribution is -2.39. The Labute approximate surface area is 108 Å². The van der Waals surface area contributed by atoms with Gasteiger partial charge in [0.15, 0.2) is 9.84 Å². The predicted molar refractivity (Wildman–Crippen MR) is 70.9 cm³/mol. The molecule has 1 fully saturated rings. The van der Waals surface area contributed by atoms with Crippen molar-refractivity contribution >= 4 is 9.84 Å². The van der Waals surface area contributed by atoms with E-state index >= 15 is 0 Å². The molecule has 1 aromatic heterocycles. The molecule has 1 saturated heterocycles. The van der Waals surface area contributed by atoms with Crippen molar-refractivity contribution in [3.05, 3.63) is 30.1 Å². The zero-order chi connectivity index (χ0) is 13.2. The molecule has 0 aliphatic carbocycles. The van der Waals surface area contributed by atoms with Crippen LogP contribution in [0.15, 0.2) is 24.4 Å². The second-order valence-corrected chi connectivity index (χ2v) is 6.96. The number of pyridine rings is 1. The summed E-state index contributed by atoms with van der Waals surface area (Å²) in [5.74, 6) is 0.508. The fourth-order valence-electron chi connectivity index (χ4n) is 2.42. The van der Waals surface area contributed by atoms with Gasteiger partial charge in [-0.25, -0.2) is 8.42 Å². The Kier molecular flexibility index (Phi) is 3.99. The van der Waals surface area contributed by atoms with Gasteiger partial charge in [0.1, 0.15) is 0 Å². The van der Waals surface area contributed by atoms with Gasteiger partial charge in [-0.15, -0.1) is 0 Å². The molecule has 0 amide bonds. The van der Waals surface area contributed by atoms with Crippen LogP contribution in [0.4, 0.5) is 0 Å². The number of hydrogen-bond donors (Lipinski definition) is 1. The molecule has 2 N–H and O–H groups in total. The molecule has 2 rings (SSSR count). The zero-order valence-corrected chi connectivity index (χ0v) is 11.3. The first kappa shape index (κ1) is 13.5. The topological polar surface area (TPSA) is 76.3 Å². The minimum atomic E-state index is -2.87. The van der Waals surface area contributed by atoms with E-state index in [-0.39, 0.29) is 23.6 Å². The first-order valence-electron chi connectivity index (χ1n) is 6.07. The summed E-state index contributed by atoms with van der Waals surface area (Å²) in [5, 5.41) is 0. The molecule has 0 radical (unpaired) electrons. The van der Waals surface area contributed by atoms with Crippen molar-refractivity contribution in [1.82, 2.24) is 9.88 Å². The van der Waals surface area contributed by atoms with Gasteiger partial charge in [0, 0.05) is 18.8 Å². The molecular formula is C12H19N3O2S. The largest absolute Gasteiger partial charge is 0.329 e. The number of nitrogens with zero attached hydrogens (tertiary/aromatic N) is 2. The smallest absolute Gasteiger partial charge is 0.151 e. The van der Waals surface area contributed by atoms with Crippen LogP contribution in [0.1, 0.15) is 18.2 Å². The van der Waals surface area contributed by atoms with Gasteiger partial charge in [-0.05, 0) is 25.6 Å². The lowest BCUT2D eigenvalue weighted by molar-refractivity contribution is 0.189. The summed E-state index contributed by atoms with van der Waals surface area (Å²) in [7, 11) is -0.939. The van der Waals surface area contributed by atoms with Crippen LogP contribution < -0.4 is 5.73 Å². The third kappa shape index (κ3) is 2.88. The van der Waals surface area contributed by atoms with Crippen LogP contribution in [0.2, 0.25) is 0 Å². The molecule has 100 valence electrons. The van der Waals surface area contributed by atoms with Crippen molar-refractivity contribution < 1.29 is 8.42 Å². The number of rotatable bonds is 4. The molecule has 0 spiro atoms. The number of likely N-dealkylation sites (N-methyl/N-ethyl adjacent to an activating group) is 1. The average Bonchev–Trinajstić information content (AvgIpc) is 2.72. The van der Waals surface area contributed by atoms with Crippen molar-refractivity contribution in [2.75, 3.05) is 25.1 Å². The summed E-state index contributed by atoms with van der Waals surface area (Å²) < 4.78 is 23.0. The Morgan fingerprint density at radius 3 is 2.83 bits per heavy atom. The van der Waals surface area contributed by atoms with Crippen LogP contribution in [-0.2, 0) is 9.84 Å². The SMILES string of the molecule is CN(C1CCS(=O)(=O)C1)C(CN)c1ccccn1. The van der Waals surface area contributed by atoms with Gasteiger partial charge in [-0.3, -0.25) is 9.88 Å². The Hall–Kier alpha value is -0.980. The van der Waals surface area contributed by atoms with E-state index in [0.29, 0.717) is 13.0 Å². The Morgan fingerprint density at radius 2 is 2.33 bits per heavy atom. The Bertz CT molecular complexity index is 489. The highest BCUT2D eigenvalue weighted by Crippen LogP contribution is 2.24. The molecule has 1 aliphatic rings. The summed E-state index contributed by atoms with van der Waals surface area (Å²) in [5.41, 5.74) is 6.70. The summed E-state index contributed by atoms with van der Waals surface area (Å²) in [6.45, 7) is 0.435. The van der Waals surface area contributed by atoms with Crippen molar-refractivity contribution in [3.63, 3.8) is 0 Å². The Morgan fingerprint density at radius 1 is 1.56 bits per heavy atom. The maximum absolute atomic E-state index is 11.5. The highest BCUT2D eigenvalue weighted by atomic mass is 32.2. The quantitative estimate of drug-likeness (QED) is 0.845. The monoisotopic (exact) mass is 269 g/mol. The van der Waals surface area contributed by atoms with Crippen LogP contribution in [0.3, 0.4) is 0 Å². The molecule has 0 saturated carbocycles. The van der Waals surface area contributed by atoms with E-state index in [4.69, 9.17) is 5.73 Å². The van der Waals surface area contributed by atoms with Gasteiger partial charge in [0.05, 0.1) is 23.2 Å². The minimum absolute atomic E-state index is 0.0236. The van der Waals surface area contributed by atoms with Crippen LogP contribution in [0.25, 0.3) is 0 Å². The van der Waals surface area contributed by atoms with E-state index in [1.807, 2.05) is 30.1 Å². The van der Waals surface area contributed by atoms with E-state index in [9.17, 15) is 8.42 Å². The Balaban J connectivity index is 2.14. The van der Waals surface area contributed by atoms with Crippen LogP contribution in [0, 0.1) is 0 Å². The summed E-state index contributed by atoms with van der Waals surface area (Å²) in [6.07, 6.45) is 2.42. The summed E-state index contributed by atoms with van der Waals surface area (Å²) in [6, 6.07) is 5.73. The second kappa shape index (κ2) is 5.34. The van der Waals surface area contributed by atoms with Crippen LogP contribution >= 0.6 is 0 Å². The molecule has 5 nitrogen and oxygen atoms in total. The normalized spacial score (nSPS) is 24.3. The standard InChI is InChI=1S/C12H19N3O2S/c1-15(10-5-7-18(16,17)9-10)12(8-13)11-4-2-3-6-14-11/h2-4,6,10,12H,5,7-9,13H2,1H3. The van der Waals surface area contributed by atoms with E-state index in [1.54, 1.807) is 6.20 Å². The summed E-state index contributed by atoms with van der Waals surface area (Å²) >= 11 is 0. The number of hydrogen-bond acceptors (Lipinski definition) is 5. The molecule has 0 aromatic carbocycles. The van der Waals surface area contributed by atoms with Gasteiger partial charge in [0.2, 0.25) is 0 Å². The third-order valence-electron chi connectivity index (χ3n) is 3.53. The van der Waals surface area contributed by atoms with Crippen LogP contribution in [0.5, 0.6) is 0 Å². The van der Waals surface area contributed by atoms with Crippen molar-refractivity contribution in [3.8, 4) is 0 Å². The molecule has 0 bridgehead atoms. The van der Waals surface area contributed by atoms with Gasteiger partial charge in [0.25, 0.3) is 0 Å². The maximum atomic E-state index is 11.5. The molecular weight excluding hydrogens is 250 g/mol. The molecule has 2 atom stereocenters. The predicted octanol–water partition coefficient (Wildman–Crippen LogP) is 0.200. The number of nitrogens with two attached hydrogens (primary N) is 1. The first-order valence-corrected chi connectivity index (χ1v) is 7.89. The molecule has 18 heavy (non-hydrogen) atoms. The lowest BCUT2D eigenvalue weighted by atomic mass is 10.1. The lowest BCUT2D eigenvalue weighted by Gasteiger charge is -2.31. The molecule has 1 aliphatic heterocycles. The molecule has 2 unspecified atom stereocenters. The van der Waals surface area contributed by atoms with Crippen molar-refractivity contribution in [2.24, 2.45) is 5.73 Å². The number of sulfone groups is 1. The van der Waals surface area contributed by atoms with Crippen molar-refractivity contribution in [2.45, 2.75) is 18.5 Å². The first-order chi connectivity index (χ1) is 8.53. The van der Waals surface area contributed by atoms with Crippen LogP contribution in [-0.4, -0.2) is 49.4 Å². The number of aromatic nitrogens is 1. The average molecular weight is 269 g/mol.